The number of rotatable bonds is 5. The second-order valence-electron chi connectivity index (χ2n) is 4.28. The number of nitrogens with zero attached hydrogens (tertiary/aromatic N) is 1. The van der Waals surface area contributed by atoms with E-state index in [1.165, 1.54) is 24.8 Å². The predicted molar refractivity (Wildman–Crippen MR) is 67.4 cm³/mol. The van der Waals surface area contributed by atoms with Crippen LogP contribution >= 0.6 is 0 Å². The Balaban J connectivity index is 1.89. The maximum Gasteiger partial charge on any atom is 0.128 e. The number of benzene rings is 1. The predicted octanol–water partition coefficient (Wildman–Crippen LogP) is 3.11. The van der Waals surface area contributed by atoms with Crippen molar-refractivity contribution in [3.05, 3.63) is 29.8 Å². The Bertz CT molecular complexity index is 378. The third-order valence-corrected chi connectivity index (χ3v) is 4.56. The maximum atomic E-state index is 12.1. The molecule has 0 radical (unpaired) electrons. The van der Waals surface area contributed by atoms with Crippen molar-refractivity contribution >= 4 is 11.0 Å². The standard InChI is InChI=1S/C13H19NOS/c1-2-3-4-7-10-14-11-12-8-5-6-9-13(12)16(14)15/h5-6,8-9H,2-4,7,10-11H2,1H3. The summed E-state index contributed by atoms with van der Waals surface area (Å²) in [4.78, 5) is 1.01. The molecule has 1 atom stereocenters. The van der Waals surface area contributed by atoms with Gasteiger partial charge in [-0.2, -0.15) is 0 Å². The summed E-state index contributed by atoms with van der Waals surface area (Å²) in [6.45, 7) is 4.03. The first kappa shape index (κ1) is 11.8. The Morgan fingerprint density at radius 3 is 2.81 bits per heavy atom. The van der Waals surface area contributed by atoms with E-state index in [0.717, 1.165) is 24.4 Å². The normalized spacial score (nSPS) is 19.9. The van der Waals surface area contributed by atoms with Gasteiger partial charge in [0.1, 0.15) is 11.0 Å². The molecule has 1 aromatic rings. The number of hydrogen-bond donors (Lipinski definition) is 0. The van der Waals surface area contributed by atoms with Crippen LogP contribution in [0.15, 0.2) is 29.2 Å². The van der Waals surface area contributed by atoms with E-state index in [1.54, 1.807) is 0 Å². The maximum absolute atomic E-state index is 12.1. The van der Waals surface area contributed by atoms with Crippen molar-refractivity contribution in [2.45, 2.75) is 44.0 Å². The van der Waals surface area contributed by atoms with Crippen molar-refractivity contribution < 1.29 is 4.21 Å². The third-order valence-electron chi connectivity index (χ3n) is 3.00. The molecule has 2 rings (SSSR count). The smallest absolute Gasteiger partial charge is 0.128 e. The van der Waals surface area contributed by atoms with E-state index in [1.807, 2.05) is 18.2 Å². The molecule has 16 heavy (non-hydrogen) atoms. The number of fused-ring (bicyclic) bond motifs is 1. The van der Waals surface area contributed by atoms with Gasteiger partial charge in [0.05, 0.1) is 4.90 Å². The molecule has 0 saturated carbocycles. The summed E-state index contributed by atoms with van der Waals surface area (Å²) in [6, 6.07) is 8.06. The van der Waals surface area contributed by atoms with Crippen LogP contribution in [0.4, 0.5) is 0 Å². The average molecular weight is 237 g/mol. The van der Waals surface area contributed by atoms with E-state index >= 15 is 0 Å². The summed E-state index contributed by atoms with van der Waals surface area (Å²) in [5.74, 6) is 0. The van der Waals surface area contributed by atoms with Gasteiger partial charge in [0, 0.05) is 13.1 Å². The molecule has 0 aliphatic carbocycles. The van der Waals surface area contributed by atoms with Crippen molar-refractivity contribution in [1.82, 2.24) is 4.31 Å². The summed E-state index contributed by atoms with van der Waals surface area (Å²) >= 11 is 0. The second kappa shape index (κ2) is 5.60. The molecule has 0 spiro atoms. The minimum Gasteiger partial charge on any atom is -0.237 e. The van der Waals surface area contributed by atoms with E-state index in [-0.39, 0.29) is 0 Å². The zero-order valence-electron chi connectivity index (χ0n) is 9.82. The SMILES string of the molecule is CCCCCCN1Cc2ccccc2S1=O. The first-order chi connectivity index (χ1) is 7.83. The van der Waals surface area contributed by atoms with Crippen molar-refractivity contribution in [3.63, 3.8) is 0 Å². The van der Waals surface area contributed by atoms with Crippen LogP contribution in [0.3, 0.4) is 0 Å². The minimum atomic E-state index is -0.908. The van der Waals surface area contributed by atoms with Crippen molar-refractivity contribution in [2.24, 2.45) is 0 Å². The summed E-state index contributed by atoms with van der Waals surface area (Å²) in [5, 5.41) is 0. The van der Waals surface area contributed by atoms with Gasteiger partial charge in [0.25, 0.3) is 0 Å². The number of hydrogen-bond acceptors (Lipinski definition) is 1. The number of unbranched alkanes of at least 4 members (excludes halogenated alkanes) is 3. The molecule has 0 saturated heterocycles. The molecule has 3 heteroatoms. The zero-order valence-corrected chi connectivity index (χ0v) is 10.6. The highest BCUT2D eigenvalue weighted by Gasteiger charge is 2.25. The largest absolute Gasteiger partial charge is 0.237 e. The van der Waals surface area contributed by atoms with Gasteiger partial charge < -0.3 is 0 Å². The van der Waals surface area contributed by atoms with E-state index in [2.05, 4.69) is 17.3 Å². The highest BCUT2D eigenvalue weighted by atomic mass is 32.2. The Labute approximate surface area is 100 Å². The fourth-order valence-corrected chi connectivity index (χ4v) is 3.45. The lowest BCUT2D eigenvalue weighted by atomic mass is 10.2. The molecule has 1 unspecified atom stereocenters. The fourth-order valence-electron chi connectivity index (χ4n) is 2.07. The Hall–Kier alpha value is -0.670. The van der Waals surface area contributed by atoms with E-state index in [0.29, 0.717) is 0 Å². The molecule has 1 aromatic carbocycles. The van der Waals surface area contributed by atoms with Crippen molar-refractivity contribution in [1.29, 1.82) is 0 Å². The van der Waals surface area contributed by atoms with Crippen molar-refractivity contribution in [3.8, 4) is 0 Å². The molecular formula is C13H19NOS. The highest BCUT2D eigenvalue weighted by Crippen LogP contribution is 2.26. The molecule has 88 valence electrons. The van der Waals surface area contributed by atoms with E-state index in [4.69, 9.17) is 0 Å². The third kappa shape index (κ3) is 2.53. The topological polar surface area (TPSA) is 20.3 Å². The lowest BCUT2D eigenvalue weighted by molar-refractivity contribution is 0.434. The second-order valence-corrected chi connectivity index (χ2v) is 5.74. The molecule has 0 N–H and O–H groups in total. The average Bonchev–Trinajstić information content (AvgIpc) is 2.63. The summed E-state index contributed by atoms with van der Waals surface area (Å²) in [5.41, 5.74) is 1.23. The lowest BCUT2D eigenvalue weighted by Crippen LogP contribution is -2.20. The Morgan fingerprint density at radius 2 is 2.06 bits per heavy atom. The molecule has 0 aromatic heterocycles. The van der Waals surface area contributed by atoms with Crippen LogP contribution in [0.5, 0.6) is 0 Å². The Morgan fingerprint density at radius 1 is 1.25 bits per heavy atom. The van der Waals surface area contributed by atoms with Gasteiger partial charge in [0.2, 0.25) is 0 Å². The van der Waals surface area contributed by atoms with Gasteiger partial charge >= 0.3 is 0 Å². The van der Waals surface area contributed by atoms with Crippen LogP contribution in [0.25, 0.3) is 0 Å². The zero-order chi connectivity index (χ0) is 11.4. The van der Waals surface area contributed by atoms with E-state index < -0.39 is 11.0 Å². The highest BCUT2D eigenvalue weighted by molar-refractivity contribution is 7.83. The molecule has 1 heterocycles. The summed E-state index contributed by atoms with van der Waals surface area (Å²) in [7, 11) is -0.908. The van der Waals surface area contributed by atoms with Crippen LogP contribution in [0.2, 0.25) is 0 Å². The van der Waals surface area contributed by atoms with Crippen LogP contribution in [-0.4, -0.2) is 15.1 Å². The Kier molecular flexibility index (Phi) is 4.13. The van der Waals surface area contributed by atoms with Gasteiger partial charge in [-0.25, -0.2) is 8.51 Å². The summed E-state index contributed by atoms with van der Waals surface area (Å²) < 4.78 is 14.2. The van der Waals surface area contributed by atoms with Crippen LogP contribution in [0.1, 0.15) is 38.2 Å². The molecule has 1 aliphatic rings. The van der Waals surface area contributed by atoms with Crippen LogP contribution < -0.4 is 0 Å². The quantitative estimate of drug-likeness (QED) is 0.721. The molecule has 0 amide bonds. The minimum absolute atomic E-state index is 0.856. The van der Waals surface area contributed by atoms with Gasteiger partial charge in [0.15, 0.2) is 0 Å². The molecule has 1 aliphatic heterocycles. The van der Waals surface area contributed by atoms with Gasteiger partial charge in [-0.1, -0.05) is 44.4 Å². The molecular weight excluding hydrogens is 218 g/mol. The van der Waals surface area contributed by atoms with Gasteiger partial charge in [-0.05, 0) is 18.1 Å². The van der Waals surface area contributed by atoms with Crippen LogP contribution in [-0.2, 0) is 17.5 Å². The first-order valence-corrected chi connectivity index (χ1v) is 7.18. The monoisotopic (exact) mass is 237 g/mol. The van der Waals surface area contributed by atoms with Crippen LogP contribution in [0, 0.1) is 0 Å². The molecule has 0 bridgehead atoms. The summed E-state index contributed by atoms with van der Waals surface area (Å²) in [6.07, 6.45) is 4.95. The van der Waals surface area contributed by atoms with Gasteiger partial charge in [-0.15, -0.1) is 0 Å². The first-order valence-electron chi connectivity index (χ1n) is 6.07. The van der Waals surface area contributed by atoms with Crippen molar-refractivity contribution in [2.75, 3.05) is 6.54 Å². The lowest BCUT2D eigenvalue weighted by Gasteiger charge is -2.12. The molecule has 2 nitrogen and oxygen atoms in total. The van der Waals surface area contributed by atoms with E-state index in [9.17, 15) is 4.21 Å². The molecule has 0 fully saturated rings. The van der Waals surface area contributed by atoms with Gasteiger partial charge in [-0.3, -0.25) is 0 Å². The fraction of sp³-hybridized carbons (Fsp3) is 0.538.